The molecule has 1 N–H and O–H groups in total. The van der Waals surface area contributed by atoms with Crippen molar-refractivity contribution < 1.29 is 13.9 Å². The number of hydrogen-bond acceptors (Lipinski definition) is 1. The molecule has 0 aliphatic heterocycles. The lowest BCUT2D eigenvalue weighted by Gasteiger charge is -2.19. The molecule has 0 aromatic heterocycles. The fourth-order valence-corrected chi connectivity index (χ4v) is 1.75. The van der Waals surface area contributed by atoms with Crippen molar-refractivity contribution in [3.63, 3.8) is 0 Å². The molecule has 3 heteroatoms. The first-order valence-electron chi connectivity index (χ1n) is 5.92. The first-order chi connectivity index (χ1) is 7.79. The fraction of sp³-hybridized carbons (Fsp3) is 0.571. The minimum absolute atomic E-state index is 0.181. The molecule has 1 nitrogen and oxygen atoms in total. The Bertz CT molecular complexity index is 369. The second-order valence-electron chi connectivity index (χ2n) is 5.63. The minimum Gasteiger partial charge on any atom is -0.388 e. The molecule has 96 valence electrons. The molecule has 17 heavy (non-hydrogen) atoms. The molecule has 1 rings (SSSR count). The van der Waals surface area contributed by atoms with Crippen molar-refractivity contribution >= 4 is 0 Å². The highest BCUT2D eigenvalue weighted by Crippen LogP contribution is 2.27. The second-order valence-corrected chi connectivity index (χ2v) is 5.63. The number of hydrogen-bond donors (Lipinski definition) is 1. The Hall–Kier alpha value is -0.960. The standard InChI is InChI=1S/C14H20F2O/c1-14(2,3)8-4-5-13(17)11-7-6-10(15)9-12(11)16/h6-7,9,13,17H,4-5,8H2,1-3H3. The Morgan fingerprint density at radius 1 is 1.24 bits per heavy atom. The molecule has 0 heterocycles. The van der Waals surface area contributed by atoms with Gasteiger partial charge < -0.3 is 5.11 Å². The van der Waals surface area contributed by atoms with Crippen molar-refractivity contribution in [3.05, 3.63) is 35.4 Å². The molecule has 0 saturated heterocycles. The lowest BCUT2D eigenvalue weighted by Crippen LogP contribution is -2.07. The highest BCUT2D eigenvalue weighted by Gasteiger charge is 2.15. The van der Waals surface area contributed by atoms with Crippen LogP contribution in [-0.4, -0.2) is 5.11 Å². The molecule has 0 radical (unpaired) electrons. The van der Waals surface area contributed by atoms with Crippen molar-refractivity contribution in [2.24, 2.45) is 5.41 Å². The van der Waals surface area contributed by atoms with E-state index < -0.39 is 17.7 Å². The summed E-state index contributed by atoms with van der Waals surface area (Å²) in [5, 5.41) is 9.83. The molecule has 0 saturated carbocycles. The predicted molar refractivity (Wildman–Crippen MR) is 64.6 cm³/mol. The van der Waals surface area contributed by atoms with Gasteiger partial charge in [-0.1, -0.05) is 33.3 Å². The summed E-state index contributed by atoms with van der Waals surface area (Å²) in [6, 6.07) is 3.29. The van der Waals surface area contributed by atoms with Crippen LogP contribution in [0.25, 0.3) is 0 Å². The fourth-order valence-electron chi connectivity index (χ4n) is 1.75. The van der Waals surface area contributed by atoms with E-state index in [2.05, 4.69) is 20.8 Å². The quantitative estimate of drug-likeness (QED) is 0.838. The van der Waals surface area contributed by atoms with Crippen LogP contribution in [0.3, 0.4) is 0 Å². The Balaban J connectivity index is 2.55. The van der Waals surface area contributed by atoms with Crippen LogP contribution < -0.4 is 0 Å². The van der Waals surface area contributed by atoms with Crippen LogP contribution in [-0.2, 0) is 0 Å². The Labute approximate surface area is 101 Å². The summed E-state index contributed by atoms with van der Waals surface area (Å²) in [4.78, 5) is 0. The number of rotatable bonds is 4. The summed E-state index contributed by atoms with van der Waals surface area (Å²) < 4.78 is 26.1. The van der Waals surface area contributed by atoms with E-state index in [0.717, 1.165) is 18.9 Å². The molecule has 1 aromatic carbocycles. The zero-order chi connectivity index (χ0) is 13.1. The third-order valence-corrected chi connectivity index (χ3v) is 2.73. The Morgan fingerprint density at radius 3 is 2.41 bits per heavy atom. The molecule has 1 aromatic rings. The zero-order valence-electron chi connectivity index (χ0n) is 10.6. The largest absolute Gasteiger partial charge is 0.388 e. The zero-order valence-corrected chi connectivity index (χ0v) is 10.6. The SMILES string of the molecule is CC(C)(C)CCCC(O)c1ccc(F)cc1F. The topological polar surface area (TPSA) is 20.2 Å². The van der Waals surface area contributed by atoms with E-state index in [9.17, 15) is 13.9 Å². The van der Waals surface area contributed by atoms with Crippen molar-refractivity contribution in [2.75, 3.05) is 0 Å². The normalized spacial score (nSPS) is 13.8. The van der Waals surface area contributed by atoms with Crippen LogP contribution in [0.5, 0.6) is 0 Å². The Morgan fingerprint density at radius 2 is 1.88 bits per heavy atom. The number of aliphatic hydroxyl groups excluding tert-OH is 1. The van der Waals surface area contributed by atoms with Gasteiger partial charge in [0.1, 0.15) is 11.6 Å². The van der Waals surface area contributed by atoms with Gasteiger partial charge in [-0.25, -0.2) is 8.78 Å². The Kier molecular flexibility index (Phi) is 4.63. The number of benzene rings is 1. The summed E-state index contributed by atoms with van der Waals surface area (Å²) in [5.41, 5.74) is 0.390. The molecule has 0 aliphatic rings. The van der Waals surface area contributed by atoms with Crippen molar-refractivity contribution in [1.29, 1.82) is 0 Å². The maximum absolute atomic E-state index is 13.4. The van der Waals surface area contributed by atoms with Gasteiger partial charge >= 0.3 is 0 Å². The molecular weight excluding hydrogens is 222 g/mol. The molecule has 0 amide bonds. The first-order valence-corrected chi connectivity index (χ1v) is 5.92. The minimum atomic E-state index is -0.849. The van der Waals surface area contributed by atoms with Crippen LogP contribution in [0.15, 0.2) is 18.2 Å². The molecular formula is C14H20F2O. The van der Waals surface area contributed by atoms with Gasteiger partial charge in [0.05, 0.1) is 6.10 Å². The van der Waals surface area contributed by atoms with Gasteiger partial charge in [0.25, 0.3) is 0 Å². The average molecular weight is 242 g/mol. The van der Waals surface area contributed by atoms with E-state index in [1.54, 1.807) is 0 Å². The molecule has 0 fully saturated rings. The van der Waals surface area contributed by atoms with Gasteiger partial charge in [-0.3, -0.25) is 0 Å². The van der Waals surface area contributed by atoms with Crippen LogP contribution in [0, 0.1) is 17.0 Å². The molecule has 1 atom stereocenters. The van der Waals surface area contributed by atoms with E-state index in [0.29, 0.717) is 6.42 Å². The number of aliphatic hydroxyl groups is 1. The maximum atomic E-state index is 13.4. The summed E-state index contributed by atoms with van der Waals surface area (Å²) in [6.45, 7) is 6.37. The van der Waals surface area contributed by atoms with Crippen LogP contribution in [0.2, 0.25) is 0 Å². The van der Waals surface area contributed by atoms with Crippen molar-refractivity contribution in [2.45, 2.75) is 46.1 Å². The molecule has 0 spiro atoms. The first kappa shape index (κ1) is 14.1. The average Bonchev–Trinajstić information content (AvgIpc) is 2.15. The van der Waals surface area contributed by atoms with E-state index in [1.165, 1.54) is 12.1 Å². The summed E-state index contributed by atoms with van der Waals surface area (Å²) in [7, 11) is 0. The maximum Gasteiger partial charge on any atom is 0.131 e. The molecule has 0 bridgehead atoms. The van der Waals surface area contributed by atoms with Crippen molar-refractivity contribution in [1.82, 2.24) is 0 Å². The summed E-state index contributed by atoms with van der Waals surface area (Å²) in [5.74, 6) is -1.29. The van der Waals surface area contributed by atoms with Gasteiger partial charge in [-0.15, -0.1) is 0 Å². The monoisotopic (exact) mass is 242 g/mol. The van der Waals surface area contributed by atoms with Gasteiger partial charge in [0, 0.05) is 11.6 Å². The summed E-state index contributed by atoms with van der Waals surface area (Å²) >= 11 is 0. The predicted octanol–water partition coefficient (Wildman–Crippen LogP) is 4.21. The van der Waals surface area contributed by atoms with E-state index in [1.807, 2.05) is 0 Å². The van der Waals surface area contributed by atoms with E-state index in [-0.39, 0.29) is 11.0 Å². The third kappa shape index (κ3) is 4.82. The van der Waals surface area contributed by atoms with Crippen LogP contribution >= 0.6 is 0 Å². The highest BCUT2D eigenvalue weighted by atomic mass is 19.1. The van der Waals surface area contributed by atoms with Gasteiger partial charge in [0.2, 0.25) is 0 Å². The van der Waals surface area contributed by atoms with Gasteiger partial charge in [0.15, 0.2) is 0 Å². The lowest BCUT2D eigenvalue weighted by molar-refractivity contribution is 0.153. The van der Waals surface area contributed by atoms with E-state index >= 15 is 0 Å². The van der Waals surface area contributed by atoms with E-state index in [4.69, 9.17) is 0 Å². The van der Waals surface area contributed by atoms with Gasteiger partial charge in [-0.05, 0) is 24.3 Å². The third-order valence-electron chi connectivity index (χ3n) is 2.73. The second kappa shape index (κ2) is 5.58. The highest BCUT2D eigenvalue weighted by molar-refractivity contribution is 5.20. The molecule has 0 aliphatic carbocycles. The number of halogens is 2. The smallest absolute Gasteiger partial charge is 0.131 e. The lowest BCUT2D eigenvalue weighted by atomic mass is 9.88. The molecule has 1 unspecified atom stereocenters. The van der Waals surface area contributed by atoms with Crippen LogP contribution in [0.1, 0.15) is 51.7 Å². The summed E-state index contributed by atoms with van der Waals surface area (Å²) in [6.07, 6.45) is 1.44. The van der Waals surface area contributed by atoms with Gasteiger partial charge in [-0.2, -0.15) is 0 Å². The van der Waals surface area contributed by atoms with Crippen LogP contribution in [0.4, 0.5) is 8.78 Å². The van der Waals surface area contributed by atoms with Crippen molar-refractivity contribution in [3.8, 4) is 0 Å².